The summed E-state index contributed by atoms with van der Waals surface area (Å²) in [5, 5.41) is 6.96. The lowest BCUT2D eigenvalue weighted by molar-refractivity contribution is 0.132. The molecular weight excluding hydrogens is 226 g/mol. The Bertz CT molecular complexity index is 467. The van der Waals surface area contributed by atoms with Gasteiger partial charge in [-0.15, -0.1) is 0 Å². The lowest BCUT2D eigenvalue weighted by Crippen LogP contribution is -2.33. The zero-order chi connectivity index (χ0) is 12.2. The molecule has 1 saturated heterocycles. The molecule has 1 fully saturated rings. The van der Waals surface area contributed by atoms with E-state index < -0.39 is 0 Å². The van der Waals surface area contributed by atoms with Gasteiger partial charge in [0.05, 0.1) is 11.7 Å². The molecule has 0 spiro atoms. The summed E-state index contributed by atoms with van der Waals surface area (Å²) in [6.45, 7) is 1.98. The minimum Gasteiger partial charge on any atom is -0.288 e. The van der Waals surface area contributed by atoms with E-state index >= 15 is 0 Å². The van der Waals surface area contributed by atoms with Crippen LogP contribution >= 0.6 is 0 Å². The number of aromatic amines is 1. The molecule has 1 aliphatic rings. The summed E-state index contributed by atoms with van der Waals surface area (Å²) in [5.41, 5.74) is 1.11. The number of nitrogens with one attached hydrogen (secondary N) is 1. The molecule has 1 aliphatic heterocycles. The van der Waals surface area contributed by atoms with E-state index in [-0.39, 0.29) is 0 Å². The number of likely N-dealkylation sites (tertiary alicyclic amines) is 1. The molecule has 0 saturated carbocycles. The Morgan fingerprint density at radius 3 is 3.06 bits per heavy atom. The standard InChI is InChI=1S/C13H17N5/c1-3-7-14-11(5-1)9-18-8-4-2-6-12(18)13-15-10-16-17-13/h1,3,5,7,10,12H,2,4,6,8-9H2,(H,15,16,17)/t12-/m1/s1. The van der Waals surface area contributed by atoms with Crippen LogP contribution in [0.1, 0.15) is 36.8 Å². The SMILES string of the molecule is c1ccc(CN2CCCC[C@@H]2c2ncn[nH]2)nc1. The first-order valence-corrected chi connectivity index (χ1v) is 6.43. The fourth-order valence-corrected chi connectivity index (χ4v) is 2.57. The highest BCUT2D eigenvalue weighted by Gasteiger charge is 2.26. The molecule has 0 bridgehead atoms. The van der Waals surface area contributed by atoms with E-state index in [0.29, 0.717) is 6.04 Å². The number of pyridine rings is 1. The quantitative estimate of drug-likeness (QED) is 0.895. The second kappa shape index (κ2) is 5.27. The van der Waals surface area contributed by atoms with Crippen molar-refractivity contribution in [3.63, 3.8) is 0 Å². The van der Waals surface area contributed by atoms with Gasteiger partial charge in [0, 0.05) is 12.7 Å². The maximum absolute atomic E-state index is 4.40. The number of nitrogens with zero attached hydrogens (tertiary/aromatic N) is 4. The summed E-state index contributed by atoms with van der Waals surface area (Å²) in [4.78, 5) is 11.1. The molecule has 3 rings (SSSR count). The van der Waals surface area contributed by atoms with E-state index in [9.17, 15) is 0 Å². The summed E-state index contributed by atoms with van der Waals surface area (Å²) in [5.74, 6) is 0.977. The van der Waals surface area contributed by atoms with Crippen molar-refractivity contribution in [1.82, 2.24) is 25.1 Å². The Morgan fingerprint density at radius 2 is 2.28 bits per heavy atom. The van der Waals surface area contributed by atoms with Gasteiger partial charge in [0.15, 0.2) is 0 Å². The van der Waals surface area contributed by atoms with Crippen molar-refractivity contribution in [2.45, 2.75) is 31.8 Å². The first-order chi connectivity index (χ1) is 8.93. The Balaban J connectivity index is 1.76. The molecule has 5 heteroatoms. The highest BCUT2D eigenvalue weighted by Crippen LogP contribution is 2.29. The normalized spacial score (nSPS) is 21.0. The lowest BCUT2D eigenvalue weighted by Gasteiger charge is -2.33. The van der Waals surface area contributed by atoms with Gasteiger partial charge in [-0.1, -0.05) is 12.5 Å². The van der Waals surface area contributed by atoms with Crippen molar-refractivity contribution >= 4 is 0 Å². The van der Waals surface area contributed by atoms with Crippen molar-refractivity contribution in [3.05, 3.63) is 42.2 Å². The molecule has 94 valence electrons. The maximum atomic E-state index is 4.40. The molecule has 1 atom stereocenters. The van der Waals surface area contributed by atoms with Gasteiger partial charge < -0.3 is 0 Å². The van der Waals surface area contributed by atoms with Crippen LogP contribution in [0.2, 0.25) is 0 Å². The van der Waals surface area contributed by atoms with E-state index in [2.05, 4.69) is 31.1 Å². The van der Waals surface area contributed by atoms with E-state index in [0.717, 1.165) is 31.0 Å². The topological polar surface area (TPSA) is 57.7 Å². The Kier molecular flexibility index (Phi) is 3.32. The Morgan fingerprint density at radius 1 is 1.28 bits per heavy atom. The first-order valence-electron chi connectivity index (χ1n) is 6.43. The number of hydrogen-bond acceptors (Lipinski definition) is 4. The highest BCUT2D eigenvalue weighted by molar-refractivity contribution is 5.05. The zero-order valence-electron chi connectivity index (χ0n) is 10.3. The third-order valence-electron chi connectivity index (χ3n) is 3.45. The van der Waals surface area contributed by atoms with Crippen molar-refractivity contribution in [3.8, 4) is 0 Å². The van der Waals surface area contributed by atoms with Crippen LogP contribution in [0.3, 0.4) is 0 Å². The largest absolute Gasteiger partial charge is 0.288 e. The van der Waals surface area contributed by atoms with Gasteiger partial charge in [-0.25, -0.2) is 4.98 Å². The molecular formula is C13H17N5. The highest BCUT2D eigenvalue weighted by atomic mass is 15.3. The average molecular weight is 243 g/mol. The van der Waals surface area contributed by atoms with Crippen LogP contribution in [0, 0.1) is 0 Å². The lowest BCUT2D eigenvalue weighted by atomic mass is 10.0. The van der Waals surface area contributed by atoms with Crippen LogP contribution in [0.4, 0.5) is 0 Å². The summed E-state index contributed by atoms with van der Waals surface area (Å²) in [7, 11) is 0. The number of H-pyrrole nitrogens is 1. The molecule has 3 heterocycles. The van der Waals surface area contributed by atoms with Crippen LogP contribution < -0.4 is 0 Å². The number of rotatable bonds is 3. The van der Waals surface area contributed by atoms with Crippen molar-refractivity contribution < 1.29 is 0 Å². The van der Waals surface area contributed by atoms with Gasteiger partial charge in [-0.3, -0.25) is 15.0 Å². The van der Waals surface area contributed by atoms with Crippen molar-refractivity contribution in [2.24, 2.45) is 0 Å². The van der Waals surface area contributed by atoms with Gasteiger partial charge in [0.1, 0.15) is 12.2 Å². The van der Waals surface area contributed by atoms with E-state index in [1.165, 1.54) is 12.8 Å². The minimum absolute atomic E-state index is 0.350. The van der Waals surface area contributed by atoms with Crippen molar-refractivity contribution in [1.29, 1.82) is 0 Å². The van der Waals surface area contributed by atoms with Gasteiger partial charge >= 0.3 is 0 Å². The molecule has 5 nitrogen and oxygen atoms in total. The smallest absolute Gasteiger partial charge is 0.141 e. The third-order valence-corrected chi connectivity index (χ3v) is 3.45. The second-order valence-corrected chi connectivity index (χ2v) is 4.67. The Labute approximate surface area is 106 Å². The molecule has 0 amide bonds. The van der Waals surface area contributed by atoms with Crippen molar-refractivity contribution in [2.75, 3.05) is 6.54 Å². The third kappa shape index (κ3) is 2.41. The van der Waals surface area contributed by atoms with Crippen LogP contribution in [-0.2, 0) is 6.54 Å². The number of hydrogen-bond donors (Lipinski definition) is 1. The molecule has 0 aromatic carbocycles. The minimum atomic E-state index is 0.350. The summed E-state index contributed by atoms with van der Waals surface area (Å²) >= 11 is 0. The Hall–Kier alpha value is -1.75. The number of aromatic nitrogens is 4. The van der Waals surface area contributed by atoms with Crippen LogP contribution in [-0.4, -0.2) is 31.6 Å². The first kappa shape index (κ1) is 11.3. The summed E-state index contributed by atoms with van der Waals surface area (Å²) in [6.07, 6.45) is 7.08. The van der Waals surface area contributed by atoms with Gasteiger partial charge in [0.2, 0.25) is 0 Å². The molecule has 0 unspecified atom stereocenters. The van der Waals surface area contributed by atoms with Crippen LogP contribution in [0.5, 0.6) is 0 Å². The second-order valence-electron chi connectivity index (χ2n) is 4.67. The van der Waals surface area contributed by atoms with E-state index in [1.54, 1.807) is 6.33 Å². The average Bonchev–Trinajstić information content (AvgIpc) is 2.94. The predicted octanol–water partition coefficient (Wildman–Crippen LogP) is 1.93. The summed E-state index contributed by atoms with van der Waals surface area (Å²) in [6, 6.07) is 6.42. The van der Waals surface area contributed by atoms with Crippen LogP contribution in [0.15, 0.2) is 30.7 Å². The van der Waals surface area contributed by atoms with Gasteiger partial charge in [-0.05, 0) is 31.5 Å². The molecule has 1 N–H and O–H groups in total. The molecule has 0 radical (unpaired) electrons. The van der Waals surface area contributed by atoms with E-state index in [4.69, 9.17) is 0 Å². The maximum Gasteiger partial charge on any atom is 0.141 e. The van der Waals surface area contributed by atoms with Gasteiger partial charge in [0.25, 0.3) is 0 Å². The molecule has 2 aromatic heterocycles. The molecule has 2 aromatic rings. The fourth-order valence-electron chi connectivity index (χ4n) is 2.57. The predicted molar refractivity (Wildman–Crippen MR) is 67.6 cm³/mol. The number of piperidine rings is 1. The fraction of sp³-hybridized carbons (Fsp3) is 0.462. The molecule has 0 aliphatic carbocycles. The summed E-state index contributed by atoms with van der Waals surface area (Å²) < 4.78 is 0. The molecule has 18 heavy (non-hydrogen) atoms. The van der Waals surface area contributed by atoms with E-state index in [1.807, 2.05) is 18.3 Å². The van der Waals surface area contributed by atoms with Gasteiger partial charge in [-0.2, -0.15) is 5.10 Å². The van der Waals surface area contributed by atoms with Crippen LogP contribution in [0.25, 0.3) is 0 Å². The zero-order valence-corrected chi connectivity index (χ0v) is 10.3. The monoisotopic (exact) mass is 243 g/mol.